The topological polar surface area (TPSA) is 71.3 Å². The summed E-state index contributed by atoms with van der Waals surface area (Å²) in [4.78, 5) is 18.6. The maximum Gasteiger partial charge on any atom is 0.321 e. The summed E-state index contributed by atoms with van der Waals surface area (Å²) in [6, 6.07) is 7.43. The summed E-state index contributed by atoms with van der Waals surface area (Å²) in [6.45, 7) is 5.53. The zero-order valence-electron chi connectivity index (χ0n) is 12.9. The number of amides is 2. The van der Waals surface area contributed by atoms with Crippen molar-refractivity contribution in [3.8, 4) is 11.4 Å². The number of aryl methyl sites for hydroxylation is 1. The van der Waals surface area contributed by atoms with Crippen molar-refractivity contribution >= 4 is 11.7 Å². The van der Waals surface area contributed by atoms with E-state index >= 15 is 0 Å². The molecule has 1 saturated heterocycles. The van der Waals surface area contributed by atoms with Gasteiger partial charge in [0.15, 0.2) is 0 Å². The number of nitrogens with one attached hydrogen (secondary N) is 1. The van der Waals surface area contributed by atoms with Crippen molar-refractivity contribution in [1.29, 1.82) is 0 Å². The molecule has 2 heterocycles. The second-order valence-electron chi connectivity index (χ2n) is 5.81. The Bertz CT molecular complexity index is 668. The molecule has 116 valence electrons. The van der Waals surface area contributed by atoms with Gasteiger partial charge in [-0.25, -0.2) is 4.79 Å². The molecule has 6 nitrogen and oxygen atoms in total. The molecule has 6 heteroatoms. The van der Waals surface area contributed by atoms with Gasteiger partial charge in [-0.05, 0) is 30.9 Å². The third-order valence-corrected chi connectivity index (χ3v) is 3.88. The quantitative estimate of drug-likeness (QED) is 0.923. The third-order valence-electron chi connectivity index (χ3n) is 3.88. The van der Waals surface area contributed by atoms with E-state index in [0.717, 1.165) is 25.1 Å². The molecule has 3 rings (SSSR count). The number of para-hydroxylation sites is 1. The maximum atomic E-state index is 12.5. The highest BCUT2D eigenvalue weighted by Gasteiger charge is 2.22. The first-order valence-electron chi connectivity index (χ1n) is 7.59. The highest BCUT2D eigenvalue weighted by atomic mass is 16.5. The van der Waals surface area contributed by atoms with Gasteiger partial charge in [0.25, 0.3) is 0 Å². The number of aromatic nitrogens is 2. The molecule has 0 radical (unpaired) electrons. The lowest BCUT2D eigenvalue weighted by atomic mass is 10.0. The van der Waals surface area contributed by atoms with Crippen LogP contribution >= 0.6 is 0 Å². The molecule has 0 saturated carbocycles. The Balaban J connectivity index is 1.79. The van der Waals surface area contributed by atoms with Crippen LogP contribution in [-0.2, 0) is 0 Å². The van der Waals surface area contributed by atoms with E-state index < -0.39 is 0 Å². The van der Waals surface area contributed by atoms with Gasteiger partial charge in [-0.1, -0.05) is 24.2 Å². The lowest BCUT2D eigenvalue weighted by Gasteiger charge is -2.31. The van der Waals surface area contributed by atoms with E-state index in [1.165, 1.54) is 6.42 Å². The molecule has 1 N–H and O–H groups in total. The number of benzene rings is 1. The molecule has 1 aliphatic heterocycles. The summed E-state index contributed by atoms with van der Waals surface area (Å²) in [5.41, 5.74) is 1.46. The fourth-order valence-corrected chi connectivity index (χ4v) is 2.76. The molecule has 1 atom stereocenters. The second-order valence-corrected chi connectivity index (χ2v) is 5.81. The minimum absolute atomic E-state index is 0.0702. The summed E-state index contributed by atoms with van der Waals surface area (Å²) >= 11 is 0. The molecule has 1 aliphatic rings. The first-order chi connectivity index (χ1) is 10.6. The van der Waals surface area contributed by atoms with E-state index in [2.05, 4.69) is 22.4 Å². The van der Waals surface area contributed by atoms with Gasteiger partial charge in [-0.2, -0.15) is 4.98 Å². The van der Waals surface area contributed by atoms with Crippen LogP contribution in [0.15, 0.2) is 28.8 Å². The summed E-state index contributed by atoms with van der Waals surface area (Å²) in [6.07, 6.45) is 2.24. The Labute approximate surface area is 129 Å². The van der Waals surface area contributed by atoms with Crippen LogP contribution < -0.4 is 5.32 Å². The highest BCUT2D eigenvalue weighted by Crippen LogP contribution is 2.26. The largest absolute Gasteiger partial charge is 0.339 e. The van der Waals surface area contributed by atoms with Gasteiger partial charge in [0.1, 0.15) is 0 Å². The fourth-order valence-electron chi connectivity index (χ4n) is 2.76. The van der Waals surface area contributed by atoms with Gasteiger partial charge in [-0.3, -0.25) is 0 Å². The Morgan fingerprint density at radius 1 is 1.41 bits per heavy atom. The van der Waals surface area contributed by atoms with Gasteiger partial charge < -0.3 is 14.7 Å². The molecular formula is C16H20N4O2. The van der Waals surface area contributed by atoms with Crippen molar-refractivity contribution in [2.45, 2.75) is 26.7 Å². The summed E-state index contributed by atoms with van der Waals surface area (Å²) < 4.78 is 5.03. The van der Waals surface area contributed by atoms with Crippen LogP contribution in [0.4, 0.5) is 10.5 Å². The average Bonchev–Trinajstić information content (AvgIpc) is 2.94. The number of hydrogen-bond acceptors (Lipinski definition) is 4. The lowest BCUT2D eigenvalue weighted by Crippen LogP contribution is -2.41. The smallest absolute Gasteiger partial charge is 0.321 e. The van der Waals surface area contributed by atoms with Crippen LogP contribution in [0.1, 0.15) is 25.7 Å². The zero-order chi connectivity index (χ0) is 15.5. The maximum absolute atomic E-state index is 12.5. The Kier molecular flexibility index (Phi) is 4.09. The monoisotopic (exact) mass is 300 g/mol. The molecule has 2 aromatic rings. The fraction of sp³-hybridized carbons (Fsp3) is 0.438. The summed E-state index contributed by atoms with van der Waals surface area (Å²) in [5, 5.41) is 6.90. The third kappa shape index (κ3) is 3.10. The number of urea groups is 1. The second kappa shape index (κ2) is 6.17. The van der Waals surface area contributed by atoms with E-state index in [9.17, 15) is 4.79 Å². The van der Waals surface area contributed by atoms with E-state index in [1.54, 1.807) is 6.92 Å². The van der Waals surface area contributed by atoms with Gasteiger partial charge in [0, 0.05) is 25.6 Å². The van der Waals surface area contributed by atoms with E-state index in [1.807, 2.05) is 29.2 Å². The molecule has 0 spiro atoms. The van der Waals surface area contributed by atoms with Gasteiger partial charge in [0.05, 0.1) is 5.69 Å². The van der Waals surface area contributed by atoms with Crippen molar-refractivity contribution in [3.05, 3.63) is 30.2 Å². The molecule has 1 aromatic carbocycles. The van der Waals surface area contributed by atoms with Crippen molar-refractivity contribution < 1.29 is 9.32 Å². The van der Waals surface area contributed by atoms with Crippen LogP contribution in [0, 0.1) is 12.8 Å². The molecule has 22 heavy (non-hydrogen) atoms. The molecule has 1 aromatic heterocycles. The molecule has 0 aliphatic carbocycles. The van der Waals surface area contributed by atoms with Gasteiger partial charge >= 0.3 is 6.03 Å². The van der Waals surface area contributed by atoms with Crippen molar-refractivity contribution in [3.63, 3.8) is 0 Å². The predicted octanol–water partition coefficient (Wildman–Crippen LogP) is 3.31. The minimum Gasteiger partial charge on any atom is -0.339 e. The number of rotatable bonds is 2. The number of carbonyl (C=O) groups is 1. The van der Waals surface area contributed by atoms with Crippen molar-refractivity contribution in [1.82, 2.24) is 15.0 Å². The average molecular weight is 300 g/mol. The molecule has 1 unspecified atom stereocenters. The zero-order valence-corrected chi connectivity index (χ0v) is 12.9. The Hall–Kier alpha value is -2.37. The minimum atomic E-state index is -0.0702. The molecule has 2 amide bonds. The Morgan fingerprint density at radius 3 is 2.95 bits per heavy atom. The standard InChI is InChI=1S/C16H20N4O2/c1-11-6-5-9-20(10-11)16(21)18-14-8-4-3-7-13(14)15-17-12(2)22-19-15/h3-4,7-8,11H,5-6,9-10H2,1-2H3,(H,18,21). The number of piperidine rings is 1. The van der Waals surface area contributed by atoms with Crippen LogP contribution in [0.25, 0.3) is 11.4 Å². The summed E-state index contributed by atoms with van der Waals surface area (Å²) in [7, 11) is 0. The van der Waals surface area contributed by atoms with Gasteiger partial charge in [-0.15, -0.1) is 0 Å². The van der Waals surface area contributed by atoms with Gasteiger partial charge in [0.2, 0.25) is 11.7 Å². The molecule has 0 bridgehead atoms. The van der Waals surface area contributed by atoms with Crippen LogP contribution in [-0.4, -0.2) is 34.2 Å². The van der Waals surface area contributed by atoms with Crippen LogP contribution in [0.5, 0.6) is 0 Å². The van der Waals surface area contributed by atoms with E-state index in [0.29, 0.717) is 23.3 Å². The Morgan fingerprint density at radius 2 is 2.23 bits per heavy atom. The SMILES string of the molecule is Cc1nc(-c2ccccc2NC(=O)N2CCCC(C)C2)no1. The normalized spacial score (nSPS) is 18.3. The highest BCUT2D eigenvalue weighted by molar-refractivity contribution is 5.93. The lowest BCUT2D eigenvalue weighted by molar-refractivity contribution is 0.182. The number of likely N-dealkylation sites (tertiary alicyclic amines) is 1. The molecular weight excluding hydrogens is 280 g/mol. The first-order valence-corrected chi connectivity index (χ1v) is 7.59. The van der Waals surface area contributed by atoms with E-state index in [4.69, 9.17) is 4.52 Å². The predicted molar refractivity (Wildman–Crippen MR) is 83.5 cm³/mol. The van der Waals surface area contributed by atoms with Crippen LogP contribution in [0.3, 0.4) is 0 Å². The first kappa shape index (κ1) is 14.6. The van der Waals surface area contributed by atoms with E-state index in [-0.39, 0.29) is 6.03 Å². The summed E-state index contributed by atoms with van der Waals surface area (Å²) in [5.74, 6) is 1.54. The van der Waals surface area contributed by atoms with Crippen LogP contribution in [0.2, 0.25) is 0 Å². The number of anilines is 1. The molecule has 1 fully saturated rings. The number of carbonyl (C=O) groups excluding carboxylic acids is 1. The van der Waals surface area contributed by atoms with Crippen molar-refractivity contribution in [2.24, 2.45) is 5.92 Å². The van der Waals surface area contributed by atoms with Crippen molar-refractivity contribution in [2.75, 3.05) is 18.4 Å². The number of nitrogens with zero attached hydrogens (tertiary/aromatic N) is 3. The number of hydrogen-bond donors (Lipinski definition) is 1.